The van der Waals surface area contributed by atoms with Gasteiger partial charge in [-0.25, -0.2) is 0 Å². The molecule has 0 aliphatic heterocycles. The van der Waals surface area contributed by atoms with Gasteiger partial charge in [-0.1, -0.05) is 13.8 Å². The largest absolute Gasteiger partial charge is 0.462 e. The van der Waals surface area contributed by atoms with Crippen LogP contribution in [0.25, 0.3) is 0 Å². The second-order valence-electron chi connectivity index (χ2n) is 5.12. The molecule has 0 bridgehead atoms. The van der Waals surface area contributed by atoms with Crippen molar-refractivity contribution in [3.05, 3.63) is 23.7 Å². The van der Waals surface area contributed by atoms with Gasteiger partial charge in [0, 0.05) is 13.2 Å². The molecule has 0 unspecified atom stereocenters. The number of rotatable bonds is 8. The minimum Gasteiger partial charge on any atom is -0.462 e. The van der Waals surface area contributed by atoms with Gasteiger partial charge in [-0.05, 0) is 30.4 Å². The van der Waals surface area contributed by atoms with E-state index in [0.29, 0.717) is 12.3 Å². The lowest BCUT2D eigenvalue weighted by Crippen LogP contribution is -2.29. The van der Waals surface area contributed by atoms with Crippen LogP contribution >= 0.6 is 0 Å². The molecule has 0 aromatic carbocycles. The third kappa shape index (κ3) is 5.35. The van der Waals surface area contributed by atoms with Crippen LogP contribution in [0.1, 0.15) is 38.2 Å². The van der Waals surface area contributed by atoms with E-state index in [0.717, 1.165) is 25.1 Å². The molecular weight excluding hydrogens is 218 g/mol. The maximum absolute atomic E-state index is 8.86. The lowest BCUT2D eigenvalue weighted by Gasteiger charge is -2.24. The molecule has 1 aromatic heterocycles. The number of aliphatic hydroxyl groups excluding tert-OH is 2. The van der Waals surface area contributed by atoms with Crippen LogP contribution < -0.4 is 5.32 Å². The highest BCUT2D eigenvalue weighted by Crippen LogP contribution is 2.21. The van der Waals surface area contributed by atoms with Crippen molar-refractivity contribution >= 4 is 0 Å². The van der Waals surface area contributed by atoms with Crippen LogP contribution in [-0.4, -0.2) is 23.4 Å². The number of nitrogens with one attached hydrogen (secondary N) is 1. The molecule has 1 rings (SSSR count). The van der Waals surface area contributed by atoms with Crippen LogP contribution in [0, 0.1) is 5.41 Å². The Morgan fingerprint density at radius 3 is 2.53 bits per heavy atom. The molecule has 0 fully saturated rings. The molecule has 0 saturated carbocycles. The number of hydrogen-bond acceptors (Lipinski definition) is 4. The van der Waals surface area contributed by atoms with Gasteiger partial charge in [0.05, 0.1) is 6.54 Å². The van der Waals surface area contributed by atoms with Crippen molar-refractivity contribution in [2.24, 2.45) is 5.41 Å². The summed E-state index contributed by atoms with van der Waals surface area (Å²) in [4.78, 5) is 0. The number of furan rings is 1. The van der Waals surface area contributed by atoms with Crippen molar-refractivity contribution in [3.63, 3.8) is 0 Å². The molecule has 0 aliphatic rings. The lowest BCUT2D eigenvalue weighted by atomic mass is 9.88. The summed E-state index contributed by atoms with van der Waals surface area (Å²) < 4.78 is 5.38. The second kappa shape index (κ2) is 6.79. The SMILES string of the molecule is CC(C)(CCCO)CNCc1ccc(CO)o1. The van der Waals surface area contributed by atoms with Gasteiger partial charge < -0.3 is 19.9 Å². The van der Waals surface area contributed by atoms with E-state index in [1.807, 2.05) is 6.07 Å². The Labute approximate surface area is 103 Å². The number of aliphatic hydroxyl groups is 2. The van der Waals surface area contributed by atoms with Crippen LogP contribution in [0.4, 0.5) is 0 Å². The van der Waals surface area contributed by atoms with Crippen LogP contribution in [0.3, 0.4) is 0 Å². The predicted octanol–water partition coefficient (Wildman–Crippen LogP) is 1.66. The molecule has 1 aromatic rings. The Balaban J connectivity index is 2.26. The van der Waals surface area contributed by atoms with Gasteiger partial charge in [-0.15, -0.1) is 0 Å². The highest BCUT2D eigenvalue weighted by atomic mass is 16.4. The van der Waals surface area contributed by atoms with Gasteiger partial charge >= 0.3 is 0 Å². The van der Waals surface area contributed by atoms with Gasteiger partial charge in [0.2, 0.25) is 0 Å². The smallest absolute Gasteiger partial charge is 0.129 e. The van der Waals surface area contributed by atoms with Crippen molar-refractivity contribution < 1.29 is 14.6 Å². The second-order valence-corrected chi connectivity index (χ2v) is 5.12. The lowest BCUT2D eigenvalue weighted by molar-refractivity contribution is 0.231. The Hall–Kier alpha value is -0.840. The summed E-state index contributed by atoms with van der Waals surface area (Å²) in [6.07, 6.45) is 1.83. The van der Waals surface area contributed by atoms with Crippen LogP contribution in [-0.2, 0) is 13.2 Å². The summed E-state index contributed by atoms with van der Waals surface area (Å²) in [7, 11) is 0. The molecule has 17 heavy (non-hydrogen) atoms. The van der Waals surface area contributed by atoms with E-state index in [4.69, 9.17) is 14.6 Å². The molecule has 0 amide bonds. The first-order valence-electron chi connectivity index (χ1n) is 6.07. The first kappa shape index (κ1) is 14.2. The van der Waals surface area contributed by atoms with Crippen molar-refractivity contribution in [3.8, 4) is 0 Å². The molecule has 4 nitrogen and oxygen atoms in total. The van der Waals surface area contributed by atoms with Crippen LogP contribution in [0.5, 0.6) is 0 Å². The fourth-order valence-corrected chi connectivity index (χ4v) is 1.77. The highest BCUT2D eigenvalue weighted by Gasteiger charge is 2.16. The van der Waals surface area contributed by atoms with Crippen LogP contribution in [0.15, 0.2) is 16.5 Å². The van der Waals surface area contributed by atoms with Crippen molar-refractivity contribution in [2.45, 2.75) is 39.8 Å². The zero-order valence-electron chi connectivity index (χ0n) is 10.7. The highest BCUT2D eigenvalue weighted by molar-refractivity contribution is 5.06. The third-order valence-electron chi connectivity index (χ3n) is 2.79. The van der Waals surface area contributed by atoms with Crippen LogP contribution in [0.2, 0.25) is 0 Å². The van der Waals surface area contributed by atoms with Gasteiger partial charge in [0.15, 0.2) is 0 Å². The molecule has 3 N–H and O–H groups in total. The standard InChI is InChI=1S/C13H23NO3/c1-13(2,6-3-7-15)10-14-8-11-4-5-12(9-16)17-11/h4-5,14-16H,3,6-10H2,1-2H3. The monoisotopic (exact) mass is 241 g/mol. The zero-order chi connectivity index (χ0) is 12.7. The first-order valence-corrected chi connectivity index (χ1v) is 6.07. The summed E-state index contributed by atoms with van der Waals surface area (Å²) in [6, 6.07) is 3.66. The van der Waals surface area contributed by atoms with Crippen molar-refractivity contribution in [1.82, 2.24) is 5.32 Å². The average Bonchev–Trinajstić information content (AvgIpc) is 2.74. The summed E-state index contributed by atoms with van der Waals surface area (Å²) in [6.45, 7) is 6.10. The molecule has 0 saturated heterocycles. The normalized spacial score (nSPS) is 12.0. The fraction of sp³-hybridized carbons (Fsp3) is 0.692. The Kier molecular flexibility index (Phi) is 5.68. The Morgan fingerprint density at radius 1 is 1.24 bits per heavy atom. The zero-order valence-corrected chi connectivity index (χ0v) is 10.7. The van der Waals surface area contributed by atoms with Crippen molar-refractivity contribution in [2.75, 3.05) is 13.2 Å². The molecule has 0 radical (unpaired) electrons. The molecule has 1 heterocycles. The first-order chi connectivity index (χ1) is 8.07. The molecule has 98 valence electrons. The Bertz CT molecular complexity index is 320. The third-order valence-corrected chi connectivity index (χ3v) is 2.79. The summed E-state index contributed by atoms with van der Waals surface area (Å²) in [5, 5.41) is 21.0. The molecule has 0 atom stereocenters. The topological polar surface area (TPSA) is 65.6 Å². The summed E-state index contributed by atoms with van der Waals surface area (Å²) in [5.74, 6) is 1.44. The van der Waals surface area contributed by atoms with E-state index < -0.39 is 0 Å². The fourth-order valence-electron chi connectivity index (χ4n) is 1.77. The van der Waals surface area contributed by atoms with Gasteiger partial charge in [0.1, 0.15) is 18.1 Å². The molecule has 0 aliphatic carbocycles. The van der Waals surface area contributed by atoms with E-state index in [1.54, 1.807) is 6.07 Å². The summed E-state index contributed by atoms with van der Waals surface area (Å²) >= 11 is 0. The predicted molar refractivity (Wildman–Crippen MR) is 66.4 cm³/mol. The van der Waals surface area contributed by atoms with E-state index in [1.165, 1.54) is 0 Å². The molecule has 0 spiro atoms. The van der Waals surface area contributed by atoms with Crippen molar-refractivity contribution in [1.29, 1.82) is 0 Å². The minimum absolute atomic E-state index is 0.0536. The number of hydrogen-bond donors (Lipinski definition) is 3. The maximum Gasteiger partial charge on any atom is 0.129 e. The van der Waals surface area contributed by atoms with E-state index in [9.17, 15) is 0 Å². The van der Waals surface area contributed by atoms with E-state index in [2.05, 4.69) is 19.2 Å². The molecule has 4 heteroatoms. The van der Waals surface area contributed by atoms with E-state index >= 15 is 0 Å². The quantitative estimate of drug-likeness (QED) is 0.647. The van der Waals surface area contributed by atoms with Gasteiger partial charge in [-0.3, -0.25) is 0 Å². The maximum atomic E-state index is 8.86. The van der Waals surface area contributed by atoms with E-state index in [-0.39, 0.29) is 18.6 Å². The van der Waals surface area contributed by atoms with Gasteiger partial charge in [-0.2, -0.15) is 0 Å². The Morgan fingerprint density at radius 2 is 1.94 bits per heavy atom. The average molecular weight is 241 g/mol. The summed E-state index contributed by atoms with van der Waals surface area (Å²) in [5.41, 5.74) is 0.176. The van der Waals surface area contributed by atoms with Gasteiger partial charge in [0.25, 0.3) is 0 Å². The minimum atomic E-state index is -0.0536. The molecular formula is C13H23NO3.